The van der Waals surface area contributed by atoms with Gasteiger partial charge in [-0.25, -0.2) is 15.8 Å². The molecule has 5 heteroatoms. The van der Waals surface area contributed by atoms with E-state index in [-0.39, 0.29) is 0 Å². The van der Waals surface area contributed by atoms with Crippen molar-refractivity contribution in [1.82, 2.24) is 9.97 Å². The number of benzene rings is 1. The molecule has 20 heavy (non-hydrogen) atoms. The molecule has 0 unspecified atom stereocenters. The first kappa shape index (κ1) is 14.3. The van der Waals surface area contributed by atoms with Crippen LogP contribution < -0.4 is 16.2 Å². The summed E-state index contributed by atoms with van der Waals surface area (Å²) in [6, 6.07) is 8.41. The lowest BCUT2D eigenvalue weighted by atomic mass is 10.2. The summed E-state index contributed by atoms with van der Waals surface area (Å²) in [7, 11) is 0. The Balaban J connectivity index is 2.51. The van der Waals surface area contributed by atoms with Gasteiger partial charge in [-0.2, -0.15) is 0 Å². The standard InChI is InChI=1S/C15H21N5/c1-5-20(13-8-6-10(2)7-9-13)15-11(3)14(19-16)17-12(4)18-15/h6-9H,5,16H2,1-4H3,(H,17,18,19). The molecule has 1 aromatic carbocycles. The monoisotopic (exact) mass is 271 g/mol. The Morgan fingerprint density at radius 2 is 1.75 bits per heavy atom. The first-order chi connectivity index (χ1) is 9.56. The minimum absolute atomic E-state index is 0.665. The fourth-order valence-corrected chi connectivity index (χ4v) is 2.20. The second-order valence-electron chi connectivity index (χ2n) is 4.79. The number of nitrogens with zero attached hydrogens (tertiary/aromatic N) is 3. The summed E-state index contributed by atoms with van der Waals surface area (Å²) in [6.45, 7) is 8.85. The SMILES string of the molecule is CCN(c1ccc(C)cc1)c1nc(C)nc(NN)c1C. The van der Waals surface area contributed by atoms with Crippen molar-refractivity contribution in [2.24, 2.45) is 5.84 Å². The quantitative estimate of drug-likeness (QED) is 0.661. The van der Waals surface area contributed by atoms with Crippen molar-refractivity contribution in [3.8, 4) is 0 Å². The fourth-order valence-electron chi connectivity index (χ4n) is 2.20. The van der Waals surface area contributed by atoms with Gasteiger partial charge in [-0.3, -0.25) is 0 Å². The Hall–Kier alpha value is -2.14. The zero-order chi connectivity index (χ0) is 14.7. The van der Waals surface area contributed by atoms with E-state index >= 15 is 0 Å². The number of aryl methyl sites for hydroxylation is 2. The molecule has 0 saturated heterocycles. The number of nitrogens with one attached hydrogen (secondary N) is 1. The minimum Gasteiger partial charge on any atom is -0.326 e. The van der Waals surface area contributed by atoms with Crippen molar-refractivity contribution in [1.29, 1.82) is 0 Å². The van der Waals surface area contributed by atoms with Crippen molar-refractivity contribution in [2.75, 3.05) is 16.9 Å². The van der Waals surface area contributed by atoms with Crippen LogP contribution in [0.5, 0.6) is 0 Å². The van der Waals surface area contributed by atoms with Gasteiger partial charge in [-0.1, -0.05) is 17.7 Å². The van der Waals surface area contributed by atoms with E-state index in [2.05, 4.69) is 58.4 Å². The molecule has 0 amide bonds. The summed E-state index contributed by atoms with van der Waals surface area (Å²) in [5.41, 5.74) is 5.94. The molecule has 1 aromatic heterocycles. The Kier molecular flexibility index (Phi) is 4.20. The van der Waals surface area contributed by atoms with Gasteiger partial charge in [-0.05, 0) is 39.8 Å². The summed E-state index contributed by atoms with van der Waals surface area (Å²) in [5, 5.41) is 0. The molecular weight excluding hydrogens is 250 g/mol. The molecule has 2 rings (SSSR count). The predicted octanol–water partition coefficient (Wildman–Crippen LogP) is 2.85. The number of rotatable bonds is 4. The van der Waals surface area contributed by atoms with Crippen LogP contribution in [-0.4, -0.2) is 16.5 Å². The largest absolute Gasteiger partial charge is 0.326 e. The molecule has 0 saturated carbocycles. The number of hydrazine groups is 1. The number of hydrogen-bond donors (Lipinski definition) is 2. The average Bonchev–Trinajstić information content (AvgIpc) is 2.45. The molecule has 1 heterocycles. The Morgan fingerprint density at radius 1 is 1.10 bits per heavy atom. The van der Waals surface area contributed by atoms with Gasteiger partial charge in [0.15, 0.2) is 0 Å². The van der Waals surface area contributed by atoms with Gasteiger partial charge in [-0.15, -0.1) is 0 Å². The summed E-state index contributed by atoms with van der Waals surface area (Å²) >= 11 is 0. The molecule has 5 nitrogen and oxygen atoms in total. The van der Waals surface area contributed by atoms with Crippen molar-refractivity contribution in [3.63, 3.8) is 0 Å². The predicted molar refractivity (Wildman–Crippen MR) is 83.2 cm³/mol. The molecule has 2 aromatic rings. The van der Waals surface area contributed by atoms with Gasteiger partial charge in [0, 0.05) is 17.8 Å². The van der Waals surface area contributed by atoms with Crippen LogP contribution in [0.15, 0.2) is 24.3 Å². The van der Waals surface area contributed by atoms with E-state index in [1.165, 1.54) is 5.56 Å². The van der Waals surface area contributed by atoms with E-state index in [1.54, 1.807) is 0 Å². The lowest BCUT2D eigenvalue weighted by Gasteiger charge is -2.25. The lowest BCUT2D eigenvalue weighted by molar-refractivity contribution is 0.935. The highest BCUT2D eigenvalue weighted by molar-refractivity contribution is 5.67. The normalized spacial score (nSPS) is 10.4. The highest BCUT2D eigenvalue weighted by Gasteiger charge is 2.15. The average molecular weight is 271 g/mol. The topological polar surface area (TPSA) is 67.1 Å². The third kappa shape index (κ3) is 2.72. The fraction of sp³-hybridized carbons (Fsp3) is 0.333. The van der Waals surface area contributed by atoms with E-state index in [4.69, 9.17) is 5.84 Å². The first-order valence-corrected chi connectivity index (χ1v) is 6.73. The molecule has 0 aliphatic carbocycles. The molecule has 0 spiro atoms. The van der Waals surface area contributed by atoms with Gasteiger partial charge in [0.1, 0.15) is 17.5 Å². The van der Waals surface area contributed by atoms with Crippen LogP contribution in [0, 0.1) is 20.8 Å². The second-order valence-corrected chi connectivity index (χ2v) is 4.79. The second kappa shape index (κ2) is 5.88. The number of aromatic nitrogens is 2. The number of hydrogen-bond acceptors (Lipinski definition) is 5. The van der Waals surface area contributed by atoms with Crippen LogP contribution in [0.2, 0.25) is 0 Å². The maximum atomic E-state index is 5.53. The van der Waals surface area contributed by atoms with E-state index < -0.39 is 0 Å². The smallest absolute Gasteiger partial charge is 0.148 e. The third-order valence-electron chi connectivity index (χ3n) is 3.29. The third-order valence-corrected chi connectivity index (χ3v) is 3.29. The molecule has 0 fully saturated rings. The van der Waals surface area contributed by atoms with E-state index in [9.17, 15) is 0 Å². The Labute approximate surface area is 119 Å². The zero-order valence-corrected chi connectivity index (χ0v) is 12.4. The number of nitrogen functional groups attached to an aromatic ring is 1. The Bertz CT molecular complexity index is 592. The zero-order valence-electron chi connectivity index (χ0n) is 12.4. The van der Waals surface area contributed by atoms with E-state index in [1.807, 2.05) is 13.8 Å². The summed E-state index contributed by atoms with van der Waals surface area (Å²) < 4.78 is 0. The highest BCUT2D eigenvalue weighted by Crippen LogP contribution is 2.29. The number of anilines is 3. The van der Waals surface area contributed by atoms with E-state index in [0.29, 0.717) is 11.6 Å². The molecule has 0 radical (unpaired) electrons. The van der Waals surface area contributed by atoms with Crippen molar-refractivity contribution in [2.45, 2.75) is 27.7 Å². The van der Waals surface area contributed by atoms with Crippen LogP contribution in [0.1, 0.15) is 23.9 Å². The van der Waals surface area contributed by atoms with Crippen LogP contribution >= 0.6 is 0 Å². The van der Waals surface area contributed by atoms with Gasteiger partial charge < -0.3 is 10.3 Å². The van der Waals surface area contributed by atoms with Crippen LogP contribution in [0.4, 0.5) is 17.3 Å². The van der Waals surface area contributed by atoms with Gasteiger partial charge >= 0.3 is 0 Å². The maximum absolute atomic E-state index is 5.53. The molecule has 0 aliphatic heterocycles. The summed E-state index contributed by atoms with van der Waals surface area (Å²) in [6.07, 6.45) is 0. The van der Waals surface area contributed by atoms with Crippen molar-refractivity contribution in [3.05, 3.63) is 41.2 Å². The molecular formula is C15H21N5. The lowest BCUT2D eigenvalue weighted by Crippen LogP contribution is -2.21. The number of nitrogens with two attached hydrogens (primary N) is 1. The van der Waals surface area contributed by atoms with Gasteiger partial charge in [0.25, 0.3) is 0 Å². The summed E-state index contributed by atoms with van der Waals surface area (Å²) in [5.74, 6) is 7.78. The van der Waals surface area contributed by atoms with Crippen molar-refractivity contribution >= 4 is 17.3 Å². The molecule has 106 valence electrons. The minimum atomic E-state index is 0.665. The van der Waals surface area contributed by atoms with Gasteiger partial charge in [0.05, 0.1) is 0 Å². The van der Waals surface area contributed by atoms with Crippen LogP contribution in [0.25, 0.3) is 0 Å². The Morgan fingerprint density at radius 3 is 2.30 bits per heavy atom. The summed E-state index contributed by atoms with van der Waals surface area (Å²) in [4.78, 5) is 11.0. The van der Waals surface area contributed by atoms with Gasteiger partial charge in [0.2, 0.25) is 0 Å². The molecule has 3 N–H and O–H groups in total. The molecule has 0 bridgehead atoms. The molecule has 0 atom stereocenters. The van der Waals surface area contributed by atoms with E-state index in [0.717, 1.165) is 23.6 Å². The molecule has 0 aliphatic rings. The maximum Gasteiger partial charge on any atom is 0.148 e. The van der Waals surface area contributed by atoms with Crippen LogP contribution in [-0.2, 0) is 0 Å². The van der Waals surface area contributed by atoms with Crippen molar-refractivity contribution < 1.29 is 0 Å². The first-order valence-electron chi connectivity index (χ1n) is 6.73. The van der Waals surface area contributed by atoms with Crippen LogP contribution in [0.3, 0.4) is 0 Å². The highest BCUT2D eigenvalue weighted by atomic mass is 15.3.